The number of rotatable bonds is 5. The molecule has 0 saturated heterocycles. The molecule has 2 atom stereocenters. The Hall–Kier alpha value is -1.47. The van der Waals surface area contributed by atoms with Crippen LogP contribution in [0.1, 0.15) is 55.2 Å². The maximum absolute atomic E-state index is 9.53. The molecule has 2 aromatic carbocycles. The molecule has 0 spiro atoms. The van der Waals surface area contributed by atoms with Crippen molar-refractivity contribution in [2.75, 3.05) is 0 Å². The van der Waals surface area contributed by atoms with Crippen LogP contribution < -0.4 is 0 Å². The summed E-state index contributed by atoms with van der Waals surface area (Å²) in [5.41, 5.74) is 3.88. The van der Waals surface area contributed by atoms with Crippen molar-refractivity contribution in [3.8, 4) is 5.75 Å². The minimum Gasteiger partial charge on any atom is -0.506 e. The Morgan fingerprint density at radius 3 is 2.24 bits per heavy atom. The lowest BCUT2D eigenvalue weighted by molar-refractivity contribution is 0.474. The van der Waals surface area contributed by atoms with Gasteiger partial charge < -0.3 is 5.11 Å². The number of aromatic hydroxyl groups is 1. The second kappa shape index (κ2) is 7.00. The van der Waals surface area contributed by atoms with Crippen LogP contribution in [0.25, 0.3) is 0 Å². The summed E-state index contributed by atoms with van der Waals surface area (Å²) < 4.78 is 0. The van der Waals surface area contributed by atoms with E-state index in [-0.39, 0.29) is 5.75 Å². The lowest BCUT2D eigenvalue weighted by Crippen LogP contribution is -2.04. The fraction of sp³-hybridized carbons (Fsp3) is 0.368. The van der Waals surface area contributed by atoms with E-state index in [2.05, 4.69) is 45.0 Å². The fourth-order valence-corrected chi connectivity index (χ4v) is 2.96. The molecule has 0 fully saturated rings. The van der Waals surface area contributed by atoms with Crippen molar-refractivity contribution in [1.29, 1.82) is 0 Å². The van der Waals surface area contributed by atoms with Crippen LogP contribution in [0.2, 0.25) is 5.02 Å². The van der Waals surface area contributed by atoms with Crippen molar-refractivity contribution in [3.63, 3.8) is 0 Å². The third-order valence-electron chi connectivity index (χ3n) is 4.22. The van der Waals surface area contributed by atoms with Crippen molar-refractivity contribution in [3.05, 3.63) is 64.2 Å². The van der Waals surface area contributed by atoms with E-state index >= 15 is 0 Å². The predicted molar refractivity (Wildman–Crippen MR) is 90.4 cm³/mol. The molecule has 0 aliphatic heterocycles. The molecule has 0 aromatic heterocycles. The van der Waals surface area contributed by atoms with Crippen molar-refractivity contribution < 1.29 is 5.11 Å². The molecule has 1 nitrogen and oxygen atoms in total. The van der Waals surface area contributed by atoms with E-state index in [1.165, 1.54) is 16.7 Å². The Balaban J connectivity index is 2.13. The van der Waals surface area contributed by atoms with Gasteiger partial charge in [-0.05, 0) is 54.9 Å². The molecule has 112 valence electrons. The zero-order valence-electron chi connectivity index (χ0n) is 12.9. The van der Waals surface area contributed by atoms with Crippen molar-refractivity contribution in [2.45, 2.75) is 45.4 Å². The van der Waals surface area contributed by atoms with Gasteiger partial charge in [0.05, 0.1) is 5.02 Å². The highest BCUT2D eigenvalue weighted by molar-refractivity contribution is 6.32. The molecule has 1 N–H and O–H groups in total. The first kappa shape index (κ1) is 15.9. The Bertz CT molecular complexity index is 589. The zero-order chi connectivity index (χ0) is 15.4. The number of benzene rings is 2. The van der Waals surface area contributed by atoms with Gasteiger partial charge in [0.15, 0.2) is 0 Å². The van der Waals surface area contributed by atoms with Gasteiger partial charge in [-0.15, -0.1) is 0 Å². The van der Waals surface area contributed by atoms with Gasteiger partial charge in [0.1, 0.15) is 5.75 Å². The minimum absolute atomic E-state index is 0.151. The maximum atomic E-state index is 9.53. The van der Waals surface area contributed by atoms with E-state index in [9.17, 15) is 5.11 Å². The highest BCUT2D eigenvalue weighted by Gasteiger charge is 2.16. The summed E-state index contributed by atoms with van der Waals surface area (Å²) in [7, 11) is 0. The smallest absolute Gasteiger partial charge is 0.134 e. The standard InChI is InChI=1S/C19H23ClO/c1-4-15(16-7-5-13(2)6-8-16)11-14(3)17-9-10-19(21)18(20)12-17/h5-10,12,14-15,21H,4,11H2,1-3H3. The molecule has 0 heterocycles. The van der Waals surface area contributed by atoms with Crippen LogP contribution in [0.3, 0.4) is 0 Å². The summed E-state index contributed by atoms with van der Waals surface area (Å²) in [5.74, 6) is 1.11. The molecule has 2 rings (SSSR count). The van der Waals surface area contributed by atoms with Crippen molar-refractivity contribution in [1.82, 2.24) is 0 Å². The molecule has 0 saturated carbocycles. The Morgan fingerprint density at radius 1 is 1.05 bits per heavy atom. The van der Waals surface area contributed by atoms with Crippen molar-refractivity contribution >= 4 is 11.6 Å². The van der Waals surface area contributed by atoms with Crippen LogP contribution in [0.5, 0.6) is 5.75 Å². The van der Waals surface area contributed by atoms with Crippen LogP contribution in [0.15, 0.2) is 42.5 Å². The summed E-state index contributed by atoms with van der Waals surface area (Å²) in [6.07, 6.45) is 2.21. The first-order chi connectivity index (χ1) is 10.0. The van der Waals surface area contributed by atoms with E-state index in [1.807, 2.05) is 12.1 Å². The van der Waals surface area contributed by atoms with Crippen LogP contribution in [-0.2, 0) is 0 Å². The molecular formula is C19H23ClO. The minimum atomic E-state index is 0.151. The molecule has 0 aliphatic rings. The molecular weight excluding hydrogens is 280 g/mol. The van der Waals surface area contributed by atoms with Gasteiger partial charge in [-0.1, -0.05) is 61.3 Å². The van der Waals surface area contributed by atoms with Crippen LogP contribution in [0, 0.1) is 6.92 Å². The highest BCUT2D eigenvalue weighted by Crippen LogP contribution is 2.34. The predicted octanol–water partition coefficient (Wildman–Crippen LogP) is 6.04. The third-order valence-corrected chi connectivity index (χ3v) is 4.52. The zero-order valence-corrected chi connectivity index (χ0v) is 13.7. The van der Waals surface area contributed by atoms with Gasteiger partial charge in [0, 0.05) is 0 Å². The van der Waals surface area contributed by atoms with Gasteiger partial charge in [-0.2, -0.15) is 0 Å². The average Bonchev–Trinajstić information content (AvgIpc) is 2.48. The summed E-state index contributed by atoms with van der Waals surface area (Å²) in [6, 6.07) is 14.4. The first-order valence-electron chi connectivity index (χ1n) is 7.56. The largest absolute Gasteiger partial charge is 0.506 e. The highest BCUT2D eigenvalue weighted by atomic mass is 35.5. The fourth-order valence-electron chi connectivity index (χ4n) is 2.77. The summed E-state index contributed by atoms with van der Waals surface area (Å²) >= 11 is 6.01. The summed E-state index contributed by atoms with van der Waals surface area (Å²) in [4.78, 5) is 0. The molecule has 0 bridgehead atoms. The van der Waals surface area contributed by atoms with Crippen molar-refractivity contribution in [2.24, 2.45) is 0 Å². The number of aryl methyl sites for hydroxylation is 1. The Morgan fingerprint density at radius 2 is 1.67 bits per heavy atom. The average molecular weight is 303 g/mol. The molecule has 2 unspecified atom stereocenters. The second-order valence-electron chi connectivity index (χ2n) is 5.86. The Labute approximate surface area is 132 Å². The molecule has 0 radical (unpaired) electrons. The monoisotopic (exact) mass is 302 g/mol. The van der Waals surface area contributed by atoms with Gasteiger partial charge in [0.25, 0.3) is 0 Å². The maximum Gasteiger partial charge on any atom is 0.134 e. The van der Waals surface area contributed by atoms with Gasteiger partial charge in [0.2, 0.25) is 0 Å². The normalized spacial score (nSPS) is 13.9. The van der Waals surface area contributed by atoms with Crippen LogP contribution in [0.4, 0.5) is 0 Å². The van der Waals surface area contributed by atoms with Gasteiger partial charge >= 0.3 is 0 Å². The molecule has 0 aliphatic carbocycles. The van der Waals surface area contributed by atoms with Gasteiger partial charge in [-0.25, -0.2) is 0 Å². The number of hydrogen-bond donors (Lipinski definition) is 1. The number of hydrogen-bond acceptors (Lipinski definition) is 1. The quantitative estimate of drug-likeness (QED) is 0.713. The van der Waals surface area contributed by atoms with E-state index in [4.69, 9.17) is 11.6 Å². The van der Waals surface area contributed by atoms with E-state index in [0.717, 1.165) is 12.8 Å². The third kappa shape index (κ3) is 4.01. The lowest BCUT2D eigenvalue weighted by Gasteiger charge is -2.21. The molecule has 21 heavy (non-hydrogen) atoms. The topological polar surface area (TPSA) is 20.2 Å². The van der Waals surface area contributed by atoms with Crippen LogP contribution >= 0.6 is 11.6 Å². The lowest BCUT2D eigenvalue weighted by atomic mass is 9.84. The molecule has 2 aromatic rings. The molecule has 0 amide bonds. The van der Waals surface area contributed by atoms with Gasteiger partial charge in [-0.3, -0.25) is 0 Å². The summed E-state index contributed by atoms with van der Waals surface area (Å²) in [6.45, 7) is 6.58. The summed E-state index contributed by atoms with van der Waals surface area (Å²) in [5, 5.41) is 9.96. The van der Waals surface area contributed by atoms with E-state index in [0.29, 0.717) is 16.9 Å². The number of halogens is 1. The number of phenols is 1. The van der Waals surface area contributed by atoms with E-state index < -0.39 is 0 Å². The SMILES string of the molecule is CCC(CC(C)c1ccc(O)c(Cl)c1)c1ccc(C)cc1. The van der Waals surface area contributed by atoms with Crippen LogP contribution in [-0.4, -0.2) is 5.11 Å². The first-order valence-corrected chi connectivity index (χ1v) is 7.94. The Kier molecular flexibility index (Phi) is 5.30. The van der Waals surface area contributed by atoms with E-state index in [1.54, 1.807) is 6.07 Å². The number of phenolic OH excluding ortho intramolecular Hbond substituents is 1. The molecule has 2 heteroatoms. The second-order valence-corrected chi connectivity index (χ2v) is 6.27.